The van der Waals surface area contributed by atoms with Crippen molar-refractivity contribution in [1.29, 1.82) is 0 Å². The number of carbonyl (C=O) groups is 1. The molecule has 3 heterocycles. The molecule has 0 aromatic heterocycles. The van der Waals surface area contributed by atoms with Crippen LogP contribution in [0.4, 0.5) is 0 Å². The first-order valence-corrected chi connectivity index (χ1v) is 6.16. The molecule has 0 radical (unpaired) electrons. The van der Waals surface area contributed by atoms with Crippen LogP contribution in [0.2, 0.25) is 0 Å². The van der Waals surface area contributed by atoms with Gasteiger partial charge in [0.2, 0.25) is 0 Å². The van der Waals surface area contributed by atoms with E-state index in [0.29, 0.717) is 18.1 Å². The van der Waals surface area contributed by atoms with Crippen LogP contribution >= 0.6 is 0 Å². The molecule has 3 heteroatoms. The fourth-order valence-corrected chi connectivity index (χ4v) is 3.53. The Bertz CT molecular complexity index is 291. The molecule has 15 heavy (non-hydrogen) atoms. The Hall–Kier alpha value is -0.410. The van der Waals surface area contributed by atoms with E-state index in [9.17, 15) is 4.79 Å². The molecule has 2 bridgehead atoms. The van der Waals surface area contributed by atoms with Gasteiger partial charge in [-0.2, -0.15) is 0 Å². The Morgan fingerprint density at radius 3 is 3.07 bits per heavy atom. The lowest BCUT2D eigenvalue weighted by Gasteiger charge is -2.32. The summed E-state index contributed by atoms with van der Waals surface area (Å²) in [5.74, 6) is 0.980. The number of fused-ring (bicyclic) bond motifs is 3. The van der Waals surface area contributed by atoms with Gasteiger partial charge in [-0.3, -0.25) is 4.79 Å². The summed E-state index contributed by atoms with van der Waals surface area (Å²) in [5, 5.41) is 0. The van der Waals surface area contributed by atoms with E-state index < -0.39 is 0 Å². The molecule has 0 aromatic carbocycles. The van der Waals surface area contributed by atoms with Gasteiger partial charge in [0.1, 0.15) is 6.10 Å². The predicted molar refractivity (Wildman–Crippen MR) is 56.7 cm³/mol. The molecule has 0 saturated carbocycles. The monoisotopic (exact) mass is 209 g/mol. The Balaban J connectivity index is 1.77. The molecule has 3 saturated heterocycles. The maximum Gasteiger partial charge on any atom is 0.164 e. The van der Waals surface area contributed by atoms with Gasteiger partial charge in [-0.15, -0.1) is 0 Å². The van der Waals surface area contributed by atoms with E-state index in [0.717, 1.165) is 25.9 Å². The Kier molecular flexibility index (Phi) is 2.15. The average Bonchev–Trinajstić information content (AvgIpc) is 2.83. The molecule has 4 atom stereocenters. The molecule has 1 spiro atoms. The highest BCUT2D eigenvalue weighted by Gasteiger charge is 2.57. The van der Waals surface area contributed by atoms with Crippen molar-refractivity contribution in [2.75, 3.05) is 19.6 Å². The Morgan fingerprint density at radius 2 is 2.47 bits per heavy atom. The van der Waals surface area contributed by atoms with Gasteiger partial charge in [0.25, 0.3) is 0 Å². The van der Waals surface area contributed by atoms with Crippen LogP contribution < -0.4 is 0 Å². The second-order valence-corrected chi connectivity index (χ2v) is 5.32. The van der Waals surface area contributed by atoms with Crippen molar-refractivity contribution in [2.45, 2.75) is 44.3 Å². The fourth-order valence-electron chi connectivity index (χ4n) is 3.53. The summed E-state index contributed by atoms with van der Waals surface area (Å²) >= 11 is 0. The Morgan fingerprint density at radius 1 is 1.60 bits per heavy atom. The second kappa shape index (κ2) is 3.29. The highest BCUT2D eigenvalue weighted by molar-refractivity contribution is 5.86. The second-order valence-electron chi connectivity index (χ2n) is 5.32. The zero-order valence-corrected chi connectivity index (χ0v) is 9.37. The molecule has 3 aliphatic rings. The molecule has 84 valence electrons. The summed E-state index contributed by atoms with van der Waals surface area (Å²) in [4.78, 5) is 14.3. The predicted octanol–water partition coefficient (Wildman–Crippen LogP) is 1.22. The standard InChI is InChI=1S/C12H19NO2/c1-2-3-11-10(14)6-12(15-11)8-13-5-4-9(12)7-13/h9,11H,2-8H2,1H3/t9?,11-,12+/m1/s1. The highest BCUT2D eigenvalue weighted by Crippen LogP contribution is 2.46. The van der Waals surface area contributed by atoms with Gasteiger partial charge in [0, 0.05) is 25.4 Å². The molecule has 0 N–H and O–H groups in total. The van der Waals surface area contributed by atoms with E-state index in [2.05, 4.69) is 11.8 Å². The molecule has 3 rings (SSSR count). The van der Waals surface area contributed by atoms with Crippen LogP contribution in [0.3, 0.4) is 0 Å². The van der Waals surface area contributed by atoms with Crippen LogP contribution in [-0.4, -0.2) is 42.0 Å². The van der Waals surface area contributed by atoms with Crippen LogP contribution in [0.15, 0.2) is 0 Å². The number of nitrogens with zero attached hydrogens (tertiary/aromatic N) is 1. The smallest absolute Gasteiger partial charge is 0.164 e. The van der Waals surface area contributed by atoms with E-state index in [1.165, 1.54) is 13.0 Å². The van der Waals surface area contributed by atoms with Gasteiger partial charge in [0.15, 0.2) is 5.78 Å². The zero-order valence-electron chi connectivity index (χ0n) is 9.37. The molecule has 3 nitrogen and oxygen atoms in total. The minimum Gasteiger partial charge on any atom is -0.362 e. The third-order valence-corrected chi connectivity index (χ3v) is 4.27. The normalized spacial score (nSPS) is 48.3. The summed E-state index contributed by atoms with van der Waals surface area (Å²) in [7, 11) is 0. The summed E-state index contributed by atoms with van der Waals surface area (Å²) in [6.45, 7) is 5.49. The molecule has 3 aliphatic heterocycles. The van der Waals surface area contributed by atoms with Crippen LogP contribution in [0.1, 0.15) is 32.6 Å². The third-order valence-electron chi connectivity index (χ3n) is 4.27. The number of piperidine rings is 1. The zero-order chi connectivity index (χ0) is 10.5. The quantitative estimate of drug-likeness (QED) is 0.685. The lowest BCUT2D eigenvalue weighted by atomic mass is 9.85. The number of carbonyl (C=O) groups excluding carboxylic acids is 1. The summed E-state index contributed by atoms with van der Waals surface area (Å²) in [6, 6.07) is 0. The minimum absolute atomic E-state index is 0.0742. The number of rotatable bonds is 2. The van der Waals surface area contributed by atoms with Crippen molar-refractivity contribution in [3.8, 4) is 0 Å². The van der Waals surface area contributed by atoms with Gasteiger partial charge in [-0.1, -0.05) is 13.3 Å². The van der Waals surface area contributed by atoms with Crippen molar-refractivity contribution in [1.82, 2.24) is 4.90 Å². The first-order valence-electron chi connectivity index (χ1n) is 6.16. The Labute approximate surface area is 90.8 Å². The van der Waals surface area contributed by atoms with Gasteiger partial charge in [-0.05, 0) is 19.4 Å². The number of Topliss-reactive ketones (excluding diaryl/α,β-unsaturated/α-hetero) is 1. The maximum absolute atomic E-state index is 11.9. The highest BCUT2D eigenvalue weighted by atomic mass is 16.5. The van der Waals surface area contributed by atoms with E-state index in [1.807, 2.05) is 0 Å². The van der Waals surface area contributed by atoms with E-state index in [1.54, 1.807) is 0 Å². The number of hydrogen-bond donors (Lipinski definition) is 0. The van der Waals surface area contributed by atoms with Crippen molar-refractivity contribution >= 4 is 5.78 Å². The van der Waals surface area contributed by atoms with Gasteiger partial charge in [0.05, 0.1) is 5.60 Å². The summed E-state index contributed by atoms with van der Waals surface area (Å²) < 4.78 is 6.11. The summed E-state index contributed by atoms with van der Waals surface area (Å²) in [5.41, 5.74) is -0.0742. The van der Waals surface area contributed by atoms with Crippen molar-refractivity contribution in [3.63, 3.8) is 0 Å². The largest absolute Gasteiger partial charge is 0.362 e. The first-order chi connectivity index (χ1) is 7.23. The molecule has 0 aromatic rings. The number of hydrogen-bond acceptors (Lipinski definition) is 3. The fraction of sp³-hybridized carbons (Fsp3) is 0.917. The van der Waals surface area contributed by atoms with E-state index in [4.69, 9.17) is 4.74 Å². The van der Waals surface area contributed by atoms with E-state index >= 15 is 0 Å². The topological polar surface area (TPSA) is 29.5 Å². The third kappa shape index (κ3) is 1.36. The molecule has 0 aliphatic carbocycles. The average molecular weight is 209 g/mol. The van der Waals surface area contributed by atoms with Gasteiger partial charge >= 0.3 is 0 Å². The van der Waals surface area contributed by atoms with Crippen molar-refractivity contribution in [2.24, 2.45) is 5.92 Å². The van der Waals surface area contributed by atoms with Crippen LogP contribution in [0, 0.1) is 5.92 Å². The molecule has 3 fully saturated rings. The lowest BCUT2D eigenvalue weighted by molar-refractivity contribution is -0.124. The SMILES string of the molecule is CCC[C@H]1O[C@@]2(CC1=O)CN1CCC2C1. The summed E-state index contributed by atoms with van der Waals surface area (Å²) in [6.07, 6.45) is 3.77. The molecular formula is C12H19NO2. The molecule has 0 amide bonds. The van der Waals surface area contributed by atoms with Crippen LogP contribution in [0.25, 0.3) is 0 Å². The van der Waals surface area contributed by atoms with Gasteiger partial charge < -0.3 is 9.64 Å². The first kappa shape index (κ1) is 9.79. The minimum atomic E-state index is -0.0875. The van der Waals surface area contributed by atoms with Crippen LogP contribution in [0.5, 0.6) is 0 Å². The lowest BCUT2D eigenvalue weighted by Crippen LogP contribution is -2.42. The van der Waals surface area contributed by atoms with Crippen molar-refractivity contribution < 1.29 is 9.53 Å². The number of ether oxygens (including phenoxy) is 1. The van der Waals surface area contributed by atoms with E-state index in [-0.39, 0.29) is 11.7 Å². The molecule has 2 unspecified atom stereocenters. The molecular weight excluding hydrogens is 190 g/mol. The van der Waals surface area contributed by atoms with Crippen LogP contribution in [-0.2, 0) is 9.53 Å². The maximum atomic E-state index is 11.9. The van der Waals surface area contributed by atoms with Gasteiger partial charge in [-0.25, -0.2) is 0 Å². The number of ketones is 1. The van der Waals surface area contributed by atoms with Crippen molar-refractivity contribution in [3.05, 3.63) is 0 Å².